The number of nitrogens with zero attached hydrogens (tertiary/aromatic N) is 4. The molecule has 2 heterocycles. The number of rotatable bonds is 5. The van der Waals surface area contributed by atoms with Gasteiger partial charge in [0.05, 0.1) is 29.0 Å². The first-order chi connectivity index (χ1) is 14.1. The number of hydrazone groups is 1. The van der Waals surface area contributed by atoms with Gasteiger partial charge in [0.1, 0.15) is 5.69 Å². The summed E-state index contributed by atoms with van der Waals surface area (Å²) in [6.45, 7) is 3.92. The van der Waals surface area contributed by atoms with E-state index in [1.54, 1.807) is 12.3 Å². The molecule has 7 heteroatoms. The zero-order valence-electron chi connectivity index (χ0n) is 16.1. The molecular weight excluding hydrogens is 364 g/mol. The van der Waals surface area contributed by atoms with E-state index in [4.69, 9.17) is 0 Å². The summed E-state index contributed by atoms with van der Waals surface area (Å²) in [4.78, 5) is 12.4. The number of aromatic nitrogens is 4. The number of carbonyl (C=O) groups excluding carboxylic acids is 1. The van der Waals surface area contributed by atoms with Crippen LogP contribution in [-0.2, 0) is 0 Å². The van der Waals surface area contributed by atoms with Crippen LogP contribution >= 0.6 is 0 Å². The summed E-state index contributed by atoms with van der Waals surface area (Å²) in [5, 5.41) is 15.7. The van der Waals surface area contributed by atoms with E-state index < -0.39 is 0 Å². The number of H-pyrrole nitrogens is 1. The minimum atomic E-state index is -0.360. The Balaban J connectivity index is 1.54. The summed E-state index contributed by atoms with van der Waals surface area (Å²) in [5.41, 5.74) is 8.08. The number of benzene rings is 2. The predicted octanol–water partition coefficient (Wildman–Crippen LogP) is 3.64. The highest BCUT2D eigenvalue weighted by atomic mass is 16.2. The van der Waals surface area contributed by atoms with Crippen LogP contribution < -0.4 is 5.43 Å². The van der Waals surface area contributed by atoms with Gasteiger partial charge < -0.3 is 0 Å². The van der Waals surface area contributed by atoms with Crippen LogP contribution in [0.1, 0.15) is 27.4 Å². The third kappa shape index (κ3) is 3.84. The molecule has 0 spiro atoms. The van der Waals surface area contributed by atoms with Crippen molar-refractivity contribution in [2.24, 2.45) is 5.10 Å². The molecule has 4 rings (SSSR count). The predicted molar refractivity (Wildman–Crippen MR) is 112 cm³/mol. The van der Waals surface area contributed by atoms with Crippen LogP contribution in [-0.4, -0.2) is 32.1 Å². The molecule has 29 heavy (non-hydrogen) atoms. The molecule has 0 radical (unpaired) electrons. The van der Waals surface area contributed by atoms with Crippen LogP contribution in [0.15, 0.2) is 71.8 Å². The topological polar surface area (TPSA) is 88.0 Å². The molecule has 7 nitrogen and oxygen atoms in total. The normalized spacial score (nSPS) is 11.1. The highest BCUT2D eigenvalue weighted by Gasteiger charge is 2.18. The summed E-state index contributed by atoms with van der Waals surface area (Å²) >= 11 is 0. The van der Waals surface area contributed by atoms with Gasteiger partial charge >= 0.3 is 0 Å². The molecular formula is C22H20N6O. The summed E-state index contributed by atoms with van der Waals surface area (Å²) in [6, 6.07) is 21.2. The lowest BCUT2D eigenvalue weighted by atomic mass is 10.1. The van der Waals surface area contributed by atoms with Crippen molar-refractivity contribution >= 4 is 12.1 Å². The summed E-state index contributed by atoms with van der Waals surface area (Å²) in [6.07, 6.45) is 1.59. The molecule has 0 unspecified atom stereocenters. The van der Waals surface area contributed by atoms with Gasteiger partial charge in [0.25, 0.3) is 5.91 Å². The number of hydrogen-bond donors (Lipinski definition) is 2. The molecule has 2 aromatic heterocycles. The summed E-state index contributed by atoms with van der Waals surface area (Å²) in [5.74, 6) is -0.360. The van der Waals surface area contributed by atoms with Gasteiger partial charge in [-0.3, -0.25) is 9.89 Å². The number of aromatic amines is 1. The lowest BCUT2D eigenvalue weighted by Gasteiger charge is -2.04. The van der Waals surface area contributed by atoms with Gasteiger partial charge in [-0.15, -0.1) is 0 Å². The van der Waals surface area contributed by atoms with E-state index >= 15 is 0 Å². The van der Waals surface area contributed by atoms with Crippen LogP contribution in [0.3, 0.4) is 0 Å². The third-order valence-corrected chi connectivity index (χ3v) is 4.55. The fourth-order valence-corrected chi connectivity index (χ4v) is 3.16. The van der Waals surface area contributed by atoms with Gasteiger partial charge in [-0.1, -0.05) is 48.5 Å². The Morgan fingerprint density at radius 2 is 1.76 bits per heavy atom. The van der Waals surface area contributed by atoms with E-state index in [9.17, 15) is 4.79 Å². The van der Waals surface area contributed by atoms with E-state index in [0.29, 0.717) is 11.4 Å². The fraction of sp³-hybridized carbons (Fsp3) is 0.0909. The Hall–Kier alpha value is -4.00. The van der Waals surface area contributed by atoms with E-state index in [0.717, 1.165) is 28.2 Å². The van der Waals surface area contributed by atoms with Gasteiger partial charge in [0.15, 0.2) is 0 Å². The second-order valence-corrected chi connectivity index (χ2v) is 6.57. The molecule has 2 aromatic carbocycles. The van der Waals surface area contributed by atoms with Crippen molar-refractivity contribution in [1.29, 1.82) is 0 Å². The van der Waals surface area contributed by atoms with Crippen molar-refractivity contribution in [3.05, 3.63) is 89.4 Å². The summed E-state index contributed by atoms with van der Waals surface area (Å²) in [7, 11) is 0. The van der Waals surface area contributed by atoms with Gasteiger partial charge in [0.2, 0.25) is 0 Å². The van der Waals surface area contributed by atoms with Gasteiger partial charge in [-0.2, -0.15) is 15.3 Å². The van der Waals surface area contributed by atoms with Crippen molar-refractivity contribution in [2.75, 3.05) is 0 Å². The number of para-hydroxylation sites is 1. The van der Waals surface area contributed by atoms with E-state index in [2.05, 4.69) is 25.8 Å². The Labute approximate surface area is 168 Å². The first kappa shape index (κ1) is 18.4. The van der Waals surface area contributed by atoms with Gasteiger partial charge in [-0.05, 0) is 37.6 Å². The van der Waals surface area contributed by atoms with Crippen LogP contribution in [0.5, 0.6) is 0 Å². The van der Waals surface area contributed by atoms with Crippen molar-refractivity contribution in [3.63, 3.8) is 0 Å². The average molecular weight is 384 g/mol. The second-order valence-electron chi connectivity index (χ2n) is 6.57. The molecule has 0 aliphatic carbocycles. The smallest absolute Gasteiger partial charge is 0.272 e. The number of nitrogens with one attached hydrogen (secondary N) is 2. The molecule has 144 valence electrons. The van der Waals surface area contributed by atoms with Crippen molar-refractivity contribution in [2.45, 2.75) is 13.8 Å². The third-order valence-electron chi connectivity index (χ3n) is 4.55. The minimum absolute atomic E-state index is 0.330. The molecule has 0 saturated carbocycles. The van der Waals surface area contributed by atoms with E-state index in [-0.39, 0.29) is 5.91 Å². The average Bonchev–Trinajstić information content (AvgIpc) is 3.33. The largest absolute Gasteiger partial charge is 0.289 e. The lowest BCUT2D eigenvalue weighted by molar-refractivity contribution is 0.0950. The standard InChI is InChI=1S/C22H20N6O/c1-15-21(16(2)28(27-15)18-11-7-4-8-12-18)19-13-20(25-24-19)22(29)26-23-14-17-9-5-3-6-10-17/h3-14H,1-2H3,(H,24,25)(H,26,29)/b23-14+. The molecule has 0 saturated heterocycles. The quantitative estimate of drug-likeness (QED) is 0.407. The fourth-order valence-electron chi connectivity index (χ4n) is 3.16. The Morgan fingerprint density at radius 3 is 2.48 bits per heavy atom. The second kappa shape index (κ2) is 7.93. The molecule has 0 fully saturated rings. The molecule has 4 aromatic rings. The maximum absolute atomic E-state index is 12.4. The molecule has 1 amide bonds. The van der Waals surface area contributed by atoms with Crippen LogP contribution in [0.4, 0.5) is 0 Å². The maximum Gasteiger partial charge on any atom is 0.289 e. The SMILES string of the molecule is Cc1nn(-c2ccccc2)c(C)c1-c1cc(C(=O)N/N=C/c2ccccc2)[nH]n1. The van der Waals surface area contributed by atoms with Crippen molar-refractivity contribution in [3.8, 4) is 16.9 Å². The molecule has 0 aliphatic rings. The molecule has 0 atom stereocenters. The zero-order chi connectivity index (χ0) is 20.2. The zero-order valence-corrected chi connectivity index (χ0v) is 16.1. The molecule has 0 aliphatic heterocycles. The lowest BCUT2D eigenvalue weighted by Crippen LogP contribution is -2.17. The Bertz CT molecular complexity index is 1160. The highest BCUT2D eigenvalue weighted by Crippen LogP contribution is 2.27. The van der Waals surface area contributed by atoms with Crippen LogP contribution in [0.2, 0.25) is 0 Å². The van der Waals surface area contributed by atoms with E-state index in [1.165, 1.54) is 0 Å². The maximum atomic E-state index is 12.4. The number of hydrogen-bond acceptors (Lipinski definition) is 4. The van der Waals surface area contributed by atoms with Crippen LogP contribution in [0.25, 0.3) is 16.9 Å². The Morgan fingerprint density at radius 1 is 1.07 bits per heavy atom. The number of carbonyl (C=O) groups is 1. The van der Waals surface area contributed by atoms with Crippen LogP contribution in [0, 0.1) is 13.8 Å². The summed E-state index contributed by atoms with van der Waals surface area (Å²) < 4.78 is 1.88. The number of amides is 1. The monoisotopic (exact) mass is 384 g/mol. The molecule has 0 bridgehead atoms. The molecule has 2 N–H and O–H groups in total. The van der Waals surface area contributed by atoms with Crippen molar-refractivity contribution < 1.29 is 4.79 Å². The van der Waals surface area contributed by atoms with Gasteiger partial charge in [-0.25, -0.2) is 10.1 Å². The Kier molecular flexibility index (Phi) is 5.03. The minimum Gasteiger partial charge on any atom is -0.272 e. The number of aryl methyl sites for hydroxylation is 1. The van der Waals surface area contributed by atoms with Crippen molar-refractivity contribution in [1.82, 2.24) is 25.4 Å². The first-order valence-corrected chi connectivity index (χ1v) is 9.19. The highest BCUT2D eigenvalue weighted by molar-refractivity contribution is 5.94. The van der Waals surface area contributed by atoms with E-state index in [1.807, 2.05) is 79.2 Å². The van der Waals surface area contributed by atoms with Gasteiger partial charge in [0, 0.05) is 5.56 Å². The first-order valence-electron chi connectivity index (χ1n) is 9.19.